The largest absolute Gasteiger partial charge is 0.377 e. The van der Waals surface area contributed by atoms with Gasteiger partial charge in [0.25, 0.3) is 5.69 Å². The molecular weight excluding hydrogens is 242 g/mol. The normalized spacial score (nSPS) is 20.8. The van der Waals surface area contributed by atoms with E-state index in [1.165, 1.54) is 25.3 Å². The number of anilines is 1. The fourth-order valence-electron chi connectivity index (χ4n) is 2.63. The summed E-state index contributed by atoms with van der Waals surface area (Å²) in [6.07, 6.45) is 4.72. The van der Waals surface area contributed by atoms with Crippen LogP contribution in [0.3, 0.4) is 0 Å². The van der Waals surface area contributed by atoms with Crippen LogP contribution in [0, 0.1) is 10.1 Å². The first-order valence-corrected chi connectivity index (χ1v) is 6.90. The number of hydrogen-bond donors (Lipinski definition) is 2. The molecule has 0 aromatic heterocycles. The molecule has 104 valence electrons. The van der Waals surface area contributed by atoms with Crippen LogP contribution in [0.5, 0.6) is 0 Å². The van der Waals surface area contributed by atoms with Crippen molar-refractivity contribution in [2.45, 2.75) is 44.7 Å². The van der Waals surface area contributed by atoms with Crippen molar-refractivity contribution in [3.05, 3.63) is 34.4 Å². The molecule has 0 amide bonds. The summed E-state index contributed by atoms with van der Waals surface area (Å²) in [6.45, 7) is 3.16. The van der Waals surface area contributed by atoms with Gasteiger partial charge in [-0.2, -0.15) is 0 Å². The highest BCUT2D eigenvalue weighted by molar-refractivity contribution is 5.61. The highest BCUT2D eigenvalue weighted by Crippen LogP contribution is 2.25. The predicted octanol–water partition coefficient (Wildman–Crippen LogP) is 2.93. The Morgan fingerprint density at radius 2 is 2.26 bits per heavy atom. The third-order valence-corrected chi connectivity index (χ3v) is 3.55. The van der Waals surface area contributed by atoms with Gasteiger partial charge in [-0.05, 0) is 38.8 Å². The van der Waals surface area contributed by atoms with Gasteiger partial charge in [0.15, 0.2) is 0 Å². The van der Waals surface area contributed by atoms with E-state index in [1.54, 1.807) is 12.1 Å². The molecule has 0 radical (unpaired) electrons. The molecule has 1 fully saturated rings. The summed E-state index contributed by atoms with van der Waals surface area (Å²) in [5.74, 6) is 0. The molecule has 1 saturated heterocycles. The zero-order valence-electron chi connectivity index (χ0n) is 11.3. The zero-order chi connectivity index (χ0) is 13.7. The van der Waals surface area contributed by atoms with Gasteiger partial charge in [0.2, 0.25) is 0 Å². The summed E-state index contributed by atoms with van der Waals surface area (Å²) in [5.41, 5.74) is 0.752. The van der Waals surface area contributed by atoms with E-state index in [0.29, 0.717) is 11.7 Å². The van der Waals surface area contributed by atoms with Crippen LogP contribution in [-0.2, 0) is 0 Å². The number of benzene rings is 1. The van der Waals surface area contributed by atoms with Crippen molar-refractivity contribution >= 4 is 11.4 Å². The number of piperidine rings is 1. The standard InChI is InChI=1S/C14H21N3O2/c1-11(10-12-6-4-5-9-15-12)16-13-7-2-3-8-14(13)17(18)19/h2-3,7-8,11-12,15-16H,4-6,9-10H2,1H3. The van der Waals surface area contributed by atoms with Gasteiger partial charge in [0.1, 0.15) is 5.69 Å². The molecule has 2 atom stereocenters. The molecule has 1 aliphatic heterocycles. The van der Waals surface area contributed by atoms with E-state index in [1.807, 2.05) is 6.07 Å². The first-order chi connectivity index (χ1) is 9.16. The second-order valence-electron chi connectivity index (χ2n) is 5.20. The van der Waals surface area contributed by atoms with Gasteiger partial charge in [0.05, 0.1) is 4.92 Å². The average molecular weight is 263 g/mol. The van der Waals surface area contributed by atoms with E-state index in [9.17, 15) is 10.1 Å². The van der Waals surface area contributed by atoms with Crippen LogP contribution in [0.25, 0.3) is 0 Å². The average Bonchev–Trinajstić information content (AvgIpc) is 2.40. The maximum absolute atomic E-state index is 10.9. The molecule has 2 N–H and O–H groups in total. The van der Waals surface area contributed by atoms with E-state index in [2.05, 4.69) is 17.6 Å². The molecule has 1 aliphatic rings. The van der Waals surface area contributed by atoms with E-state index < -0.39 is 0 Å². The zero-order valence-corrected chi connectivity index (χ0v) is 11.3. The molecule has 0 aliphatic carbocycles. The van der Waals surface area contributed by atoms with Crippen molar-refractivity contribution in [1.29, 1.82) is 0 Å². The minimum atomic E-state index is -0.339. The molecule has 1 aromatic rings. The van der Waals surface area contributed by atoms with Gasteiger partial charge in [-0.15, -0.1) is 0 Å². The Hall–Kier alpha value is -1.62. The predicted molar refractivity (Wildman–Crippen MR) is 76.4 cm³/mol. The van der Waals surface area contributed by atoms with E-state index in [4.69, 9.17) is 0 Å². The third kappa shape index (κ3) is 3.92. The number of rotatable bonds is 5. The van der Waals surface area contributed by atoms with Crippen LogP contribution < -0.4 is 10.6 Å². The highest BCUT2D eigenvalue weighted by Gasteiger charge is 2.18. The van der Waals surface area contributed by atoms with Crippen LogP contribution in [0.1, 0.15) is 32.6 Å². The number of hydrogen-bond acceptors (Lipinski definition) is 4. The number of nitrogens with zero attached hydrogens (tertiary/aromatic N) is 1. The summed E-state index contributed by atoms with van der Waals surface area (Å²) in [5, 5.41) is 17.7. The number of nitrogens with one attached hydrogen (secondary N) is 2. The van der Waals surface area contributed by atoms with Gasteiger partial charge < -0.3 is 10.6 Å². The fourth-order valence-corrected chi connectivity index (χ4v) is 2.63. The SMILES string of the molecule is CC(CC1CCCCN1)Nc1ccccc1[N+](=O)[O-]. The number of nitro benzene ring substituents is 1. The lowest BCUT2D eigenvalue weighted by Gasteiger charge is -2.26. The first-order valence-electron chi connectivity index (χ1n) is 6.90. The number of nitro groups is 1. The maximum Gasteiger partial charge on any atom is 0.292 e. The van der Waals surface area contributed by atoms with Crippen LogP contribution in [0.15, 0.2) is 24.3 Å². The molecular formula is C14H21N3O2. The van der Waals surface area contributed by atoms with Crippen LogP contribution >= 0.6 is 0 Å². The van der Waals surface area contributed by atoms with E-state index >= 15 is 0 Å². The van der Waals surface area contributed by atoms with Crippen molar-refractivity contribution in [2.75, 3.05) is 11.9 Å². The van der Waals surface area contributed by atoms with Crippen molar-refractivity contribution < 1.29 is 4.92 Å². The van der Waals surface area contributed by atoms with Crippen LogP contribution in [0.2, 0.25) is 0 Å². The molecule has 2 rings (SSSR count). The first kappa shape index (κ1) is 13.8. The minimum Gasteiger partial charge on any atom is -0.377 e. The Kier molecular flexibility index (Phi) is 4.74. The quantitative estimate of drug-likeness (QED) is 0.633. The van der Waals surface area contributed by atoms with Crippen molar-refractivity contribution in [2.24, 2.45) is 0 Å². The van der Waals surface area contributed by atoms with Gasteiger partial charge in [-0.1, -0.05) is 18.6 Å². The summed E-state index contributed by atoms with van der Waals surface area (Å²) in [7, 11) is 0. The highest BCUT2D eigenvalue weighted by atomic mass is 16.6. The summed E-state index contributed by atoms with van der Waals surface area (Å²) >= 11 is 0. The molecule has 1 aromatic carbocycles. The lowest BCUT2D eigenvalue weighted by Crippen LogP contribution is -2.37. The molecule has 5 nitrogen and oxygen atoms in total. The van der Waals surface area contributed by atoms with Gasteiger partial charge in [-0.3, -0.25) is 10.1 Å². The Balaban J connectivity index is 1.94. The molecule has 19 heavy (non-hydrogen) atoms. The molecule has 2 unspecified atom stereocenters. The minimum absolute atomic E-state index is 0.144. The van der Waals surface area contributed by atoms with E-state index in [0.717, 1.165) is 13.0 Å². The fraction of sp³-hybridized carbons (Fsp3) is 0.571. The van der Waals surface area contributed by atoms with Crippen LogP contribution in [-0.4, -0.2) is 23.6 Å². The van der Waals surface area contributed by atoms with Crippen molar-refractivity contribution in [1.82, 2.24) is 5.32 Å². The maximum atomic E-state index is 10.9. The van der Waals surface area contributed by atoms with E-state index in [-0.39, 0.29) is 16.7 Å². The molecule has 0 saturated carbocycles. The summed E-state index contributed by atoms with van der Waals surface area (Å²) in [6, 6.07) is 7.56. The van der Waals surface area contributed by atoms with Crippen LogP contribution in [0.4, 0.5) is 11.4 Å². The van der Waals surface area contributed by atoms with Crippen molar-refractivity contribution in [3.63, 3.8) is 0 Å². The van der Waals surface area contributed by atoms with Gasteiger partial charge in [0, 0.05) is 18.2 Å². The Morgan fingerprint density at radius 1 is 1.47 bits per heavy atom. The Morgan fingerprint density at radius 3 is 2.95 bits per heavy atom. The molecule has 5 heteroatoms. The number of para-hydroxylation sites is 2. The topological polar surface area (TPSA) is 67.2 Å². The molecule has 0 spiro atoms. The molecule has 1 heterocycles. The monoisotopic (exact) mass is 263 g/mol. The summed E-state index contributed by atoms with van der Waals surface area (Å²) < 4.78 is 0. The Labute approximate surface area is 113 Å². The summed E-state index contributed by atoms with van der Waals surface area (Å²) in [4.78, 5) is 10.6. The smallest absolute Gasteiger partial charge is 0.292 e. The third-order valence-electron chi connectivity index (χ3n) is 3.55. The lowest BCUT2D eigenvalue weighted by atomic mass is 9.98. The second kappa shape index (κ2) is 6.52. The van der Waals surface area contributed by atoms with Crippen molar-refractivity contribution in [3.8, 4) is 0 Å². The van der Waals surface area contributed by atoms with Gasteiger partial charge >= 0.3 is 0 Å². The Bertz CT molecular complexity index is 430. The second-order valence-corrected chi connectivity index (χ2v) is 5.20. The lowest BCUT2D eigenvalue weighted by molar-refractivity contribution is -0.384. The molecule has 0 bridgehead atoms. The van der Waals surface area contributed by atoms with Gasteiger partial charge in [-0.25, -0.2) is 0 Å².